The average Bonchev–Trinajstić information content (AvgIpc) is 3.77. The monoisotopic (exact) mass is 546 g/mol. The Hall–Kier alpha value is -3.94. The van der Waals surface area contributed by atoms with Crippen molar-refractivity contribution in [3.05, 3.63) is 59.2 Å². The Labute approximate surface area is 235 Å². The predicted octanol–water partition coefficient (Wildman–Crippen LogP) is 3.68. The number of nitrogens with zero attached hydrogens (tertiary/aromatic N) is 3. The van der Waals surface area contributed by atoms with Crippen molar-refractivity contribution in [3.8, 4) is 6.07 Å². The van der Waals surface area contributed by atoms with Gasteiger partial charge >= 0.3 is 6.03 Å². The molecule has 0 radical (unpaired) electrons. The molecule has 0 bridgehead atoms. The molecule has 4 rings (SSSR count). The molecule has 1 aliphatic heterocycles. The SMILES string of the molecule is CC(C)N(c1ccc(NC(=O)N2CCC[C@@H](NC(=O)c3ccc(C#N)cc3)C2)cc1C=O)C(C)(O)NCC1CC1. The van der Waals surface area contributed by atoms with Crippen LogP contribution in [0.25, 0.3) is 0 Å². The third-order valence-corrected chi connectivity index (χ3v) is 7.39. The molecule has 1 aliphatic carbocycles. The van der Waals surface area contributed by atoms with Crippen LogP contribution >= 0.6 is 0 Å². The molecule has 3 amide bonds. The molecule has 40 heavy (non-hydrogen) atoms. The summed E-state index contributed by atoms with van der Waals surface area (Å²) in [5.41, 5.74) is 2.33. The Morgan fingerprint density at radius 3 is 2.55 bits per heavy atom. The number of carbonyl (C=O) groups is 3. The fourth-order valence-corrected chi connectivity index (χ4v) is 5.15. The summed E-state index contributed by atoms with van der Waals surface area (Å²) in [6.07, 6.45) is 4.51. The molecule has 0 spiro atoms. The number of benzene rings is 2. The lowest BCUT2D eigenvalue weighted by Crippen LogP contribution is -2.60. The molecule has 10 heteroatoms. The smallest absolute Gasteiger partial charge is 0.321 e. The lowest BCUT2D eigenvalue weighted by atomic mass is 10.0. The van der Waals surface area contributed by atoms with Gasteiger partial charge in [-0.05, 0) is 94.8 Å². The zero-order valence-electron chi connectivity index (χ0n) is 23.3. The maximum absolute atomic E-state index is 13.1. The van der Waals surface area contributed by atoms with E-state index < -0.39 is 5.85 Å². The number of hydrogen-bond donors (Lipinski definition) is 4. The number of hydrogen-bond acceptors (Lipinski definition) is 7. The van der Waals surface area contributed by atoms with Crippen LogP contribution in [0.4, 0.5) is 16.2 Å². The van der Waals surface area contributed by atoms with E-state index in [1.54, 1.807) is 59.2 Å². The van der Waals surface area contributed by atoms with Gasteiger partial charge in [0.25, 0.3) is 5.91 Å². The molecule has 0 aromatic heterocycles. The maximum atomic E-state index is 13.1. The van der Waals surface area contributed by atoms with Crippen LogP contribution in [0, 0.1) is 17.2 Å². The number of carbonyl (C=O) groups excluding carboxylic acids is 3. The van der Waals surface area contributed by atoms with E-state index in [0.717, 1.165) is 32.0 Å². The van der Waals surface area contributed by atoms with Gasteiger partial charge < -0.3 is 25.5 Å². The van der Waals surface area contributed by atoms with Gasteiger partial charge in [-0.15, -0.1) is 0 Å². The van der Waals surface area contributed by atoms with E-state index in [9.17, 15) is 19.5 Å². The van der Waals surface area contributed by atoms with Gasteiger partial charge in [0.2, 0.25) is 0 Å². The fourth-order valence-electron chi connectivity index (χ4n) is 5.15. The Morgan fingerprint density at radius 2 is 1.93 bits per heavy atom. The number of anilines is 2. The highest BCUT2D eigenvalue weighted by atomic mass is 16.3. The predicted molar refractivity (Wildman–Crippen MR) is 153 cm³/mol. The van der Waals surface area contributed by atoms with Gasteiger partial charge in [0.1, 0.15) is 0 Å². The molecular formula is C30H38N6O4. The van der Waals surface area contributed by atoms with Crippen LogP contribution in [0.1, 0.15) is 72.7 Å². The number of urea groups is 1. The lowest BCUT2D eigenvalue weighted by Gasteiger charge is -2.43. The number of likely N-dealkylation sites (tertiary alicyclic amines) is 1. The summed E-state index contributed by atoms with van der Waals surface area (Å²) >= 11 is 0. The molecule has 1 saturated heterocycles. The quantitative estimate of drug-likeness (QED) is 0.263. The molecule has 10 nitrogen and oxygen atoms in total. The van der Waals surface area contributed by atoms with Crippen LogP contribution in [0.5, 0.6) is 0 Å². The number of aldehydes is 1. The van der Waals surface area contributed by atoms with E-state index in [1.165, 1.54) is 0 Å². The molecule has 1 heterocycles. The van der Waals surface area contributed by atoms with Crippen LogP contribution in [0.2, 0.25) is 0 Å². The first kappa shape index (κ1) is 29.1. The largest absolute Gasteiger partial charge is 0.359 e. The van der Waals surface area contributed by atoms with Gasteiger partial charge in [-0.1, -0.05) is 0 Å². The van der Waals surface area contributed by atoms with Crippen molar-refractivity contribution in [2.24, 2.45) is 5.92 Å². The molecule has 4 N–H and O–H groups in total. The highest BCUT2D eigenvalue weighted by Gasteiger charge is 2.35. The van der Waals surface area contributed by atoms with Gasteiger partial charge in [-0.3, -0.25) is 14.9 Å². The summed E-state index contributed by atoms with van der Waals surface area (Å²) in [5.74, 6) is -1.04. The molecule has 2 fully saturated rings. The molecule has 2 atom stereocenters. The second kappa shape index (κ2) is 12.5. The summed E-state index contributed by atoms with van der Waals surface area (Å²) in [5, 5.41) is 29.3. The number of amides is 3. The van der Waals surface area contributed by atoms with Crippen LogP contribution in [-0.4, -0.2) is 65.8 Å². The Kier molecular flexibility index (Phi) is 9.07. The number of nitriles is 1. The molecule has 2 aromatic carbocycles. The third-order valence-electron chi connectivity index (χ3n) is 7.39. The first-order valence-corrected chi connectivity index (χ1v) is 13.8. The zero-order chi connectivity index (χ0) is 28.9. The Balaban J connectivity index is 1.40. The Bertz CT molecular complexity index is 1270. The van der Waals surface area contributed by atoms with E-state index in [0.29, 0.717) is 53.6 Å². The summed E-state index contributed by atoms with van der Waals surface area (Å²) < 4.78 is 0. The number of nitrogens with one attached hydrogen (secondary N) is 3. The van der Waals surface area contributed by atoms with Gasteiger partial charge in [-0.2, -0.15) is 5.26 Å². The van der Waals surface area contributed by atoms with Gasteiger partial charge in [0.15, 0.2) is 12.1 Å². The normalized spacial score (nSPS) is 18.4. The van der Waals surface area contributed by atoms with E-state index in [1.807, 2.05) is 19.9 Å². The van der Waals surface area contributed by atoms with E-state index in [-0.39, 0.29) is 24.0 Å². The first-order chi connectivity index (χ1) is 19.1. The lowest BCUT2D eigenvalue weighted by molar-refractivity contribution is 0.0139. The van der Waals surface area contributed by atoms with Crippen LogP contribution in [0.15, 0.2) is 42.5 Å². The Morgan fingerprint density at radius 1 is 1.20 bits per heavy atom. The van der Waals surface area contributed by atoms with Gasteiger partial charge in [-0.25, -0.2) is 4.79 Å². The third kappa shape index (κ3) is 7.17. The van der Waals surface area contributed by atoms with Crippen molar-refractivity contribution >= 4 is 29.6 Å². The van der Waals surface area contributed by atoms with E-state index >= 15 is 0 Å². The van der Waals surface area contributed by atoms with Crippen molar-refractivity contribution in [1.82, 2.24) is 15.5 Å². The molecule has 2 aromatic rings. The van der Waals surface area contributed by atoms with Crippen LogP contribution < -0.4 is 20.9 Å². The van der Waals surface area contributed by atoms with Crippen molar-refractivity contribution in [2.75, 3.05) is 29.9 Å². The molecule has 212 valence electrons. The minimum Gasteiger partial charge on any atom is -0.359 e. The second-order valence-corrected chi connectivity index (χ2v) is 11.1. The van der Waals surface area contributed by atoms with E-state index in [2.05, 4.69) is 16.0 Å². The molecule has 1 unspecified atom stereocenters. The maximum Gasteiger partial charge on any atom is 0.321 e. The highest BCUT2D eigenvalue weighted by molar-refractivity contribution is 5.95. The van der Waals surface area contributed by atoms with Gasteiger partial charge in [0.05, 0.1) is 17.3 Å². The second-order valence-electron chi connectivity index (χ2n) is 11.1. The van der Waals surface area contributed by atoms with Crippen LogP contribution in [-0.2, 0) is 0 Å². The van der Waals surface area contributed by atoms with Crippen molar-refractivity contribution in [3.63, 3.8) is 0 Å². The number of piperidine rings is 1. The molecular weight excluding hydrogens is 508 g/mol. The number of rotatable bonds is 10. The zero-order valence-corrected chi connectivity index (χ0v) is 23.3. The molecule has 2 aliphatic rings. The summed E-state index contributed by atoms with van der Waals surface area (Å²) in [4.78, 5) is 41.3. The summed E-state index contributed by atoms with van der Waals surface area (Å²) in [6.45, 7) is 7.18. The van der Waals surface area contributed by atoms with Gasteiger partial charge in [0, 0.05) is 48.5 Å². The van der Waals surface area contributed by atoms with Crippen LogP contribution in [0.3, 0.4) is 0 Å². The number of aliphatic hydroxyl groups is 1. The highest BCUT2D eigenvalue weighted by Crippen LogP contribution is 2.32. The first-order valence-electron chi connectivity index (χ1n) is 13.8. The summed E-state index contributed by atoms with van der Waals surface area (Å²) in [7, 11) is 0. The van der Waals surface area contributed by atoms with Crippen molar-refractivity contribution in [1.29, 1.82) is 5.26 Å². The summed E-state index contributed by atoms with van der Waals surface area (Å²) in [6, 6.07) is 12.9. The van der Waals surface area contributed by atoms with Crippen molar-refractivity contribution < 1.29 is 19.5 Å². The average molecular weight is 547 g/mol. The van der Waals surface area contributed by atoms with Crippen molar-refractivity contribution in [2.45, 2.75) is 64.4 Å². The fraction of sp³-hybridized carbons (Fsp3) is 0.467. The topological polar surface area (TPSA) is 138 Å². The standard InChI is InChI=1S/C30H38N6O4/c1-20(2)36(30(3,40)32-17-22-6-7-22)27-13-12-25(15-24(27)19-37)34-29(39)35-14-4-5-26(18-35)33-28(38)23-10-8-21(16-31)9-11-23/h8-13,15,19-20,22,26,32,40H,4-7,14,17-18H2,1-3H3,(H,33,38)(H,34,39)/t26-,30?/m1/s1. The molecule has 1 saturated carbocycles. The minimum absolute atomic E-state index is 0.106. The minimum atomic E-state index is -1.36. The van der Waals surface area contributed by atoms with E-state index in [4.69, 9.17) is 5.26 Å².